The van der Waals surface area contributed by atoms with E-state index in [1.165, 1.54) is 38.2 Å². The number of aromatic carboxylic acids is 1. The minimum absolute atomic E-state index is 0.221. The Morgan fingerprint density at radius 2 is 1.75 bits per heavy atom. The molecule has 4 aliphatic carbocycles. The first-order valence-corrected chi connectivity index (χ1v) is 7.44. The fourth-order valence-corrected chi connectivity index (χ4v) is 5.16. The summed E-state index contributed by atoms with van der Waals surface area (Å²) in [4.78, 5) is 29.3. The molecule has 4 bridgehead atoms. The number of H-pyrrole nitrogens is 1. The van der Waals surface area contributed by atoms with Gasteiger partial charge in [0.2, 0.25) is 5.82 Å². The van der Waals surface area contributed by atoms with Crippen molar-refractivity contribution < 1.29 is 9.90 Å². The molecule has 4 aliphatic rings. The Hall–Kier alpha value is -1.65. The number of aromatic nitrogens is 2. The zero-order valence-corrected chi connectivity index (χ0v) is 11.2. The molecular weight excluding hydrogens is 256 g/mol. The summed E-state index contributed by atoms with van der Waals surface area (Å²) in [5.74, 6) is 1.83. The standard InChI is InChI=1S/C15H18N2O3/c18-12-6-11(16-14(17-12)15(19)20)13-9-2-7-1-8(4-9)5-10(13)3-7/h6-10,13H,1-5H2,(H,19,20)(H,16,17,18). The molecule has 0 saturated heterocycles. The SMILES string of the molecule is O=C(O)c1nc(C2C3CC4CC(C3)CC2C4)cc(=O)[nH]1. The van der Waals surface area contributed by atoms with E-state index in [0.29, 0.717) is 23.4 Å². The zero-order chi connectivity index (χ0) is 13.9. The average Bonchev–Trinajstić information content (AvgIpc) is 2.36. The molecule has 5 nitrogen and oxygen atoms in total. The fourth-order valence-electron chi connectivity index (χ4n) is 5.16. The Balaban J connectivity index is 1.74. The van der Waals surface area contributed by atoms with Gasteiger partial charge >= 0.3 is 5.97 Å². The second-order valence-corrected chi connectivity index (χ2v) is 6.78. The molecule has 106 valence electrons. The molecule has 0 unspecified atom stereocenters. The van der Waals surface area contributed by atoms with Gasteiger partial charge in [-0.2, -0.15) is 0 Å². The molecule has 1 aromatic heterocycles. The molecule has 0 amide bonds. The van der Waals surface area contributed by atoms with Gasteiger partial charge in [0, 0.05) is 12.0 Å². The number of rotatable bonds is 2. The van der Waals surface area contributed by atoms with Gasteiger partial charge in [-0.05, 0) is 55.8 Å². The molecule has 0 radical (unpaired) electrons. The lowest BCUT2D eigenvalue weighted by molar-refractivity contribution is -0.00434. The largest absolute Gasteiger partial charge is 0.475 e. The highest BCUT2D eigenvalue weighted by Gasteiger charge is 2.49. The van der Waals surface area contributed by atoms with Crippen molar-refractivity contribution in [3.63, 3.8) is 0 Å². The van der Waals surface area contributed by atoms with Crippen LogP contribution in [0.25, 0.3) is 0 Å². The third-order valence-electron chi connectivity index (χ3n) is 5.53. The normalized spacial score (nSPS) is 38.1. The van der Waals surface area contributed by atoms with E-state index in [1.807, 2.05) is 0 Å². The van der Waals surface area contributed by atoms with Crippen molar-refractivity contribution in [1.82, 2.24) is 9.97 Å². The van der Waals surface area contributed by atoms with Crippen molar-refractivity contribution in [3.05, 3.63) is 27.9 Å². The summed E-state index contributed by atoms with van der Waals surface area (Å²) in [7, 11) is 0. The number of nitrogens with one attached hydrogen (secondary N) is 1. The predicted octanol–water partition coefficient (Wildman–Crippen LogP) is 2.01. The van der Waals surface area contributed by atoms with E-state index in [9.17, 15) is 9.59 Å². The van der Waals surface area contributed by atoms with Crippen LogP contribution in [0.1, 0.15) is 54.3 Å². The summed E-state index contributed by atoms with van der Waals surface area (Å²) in [6.45, 7) is 0. The maximum atomic E-state index is 11.7. The molecule has 4 fully saturated rings. The summed E-state index contributed by atoms with van der Waals surface area (Å²) < 4.78 is 0. The number of carboxylic acids is 1. The molecule has 5 heteroatoms. The Labute approximate surface area is 116 Å². The highest BCUT2D eigenvalue weighted by Crippen LogP contribution is 2.59. The summed E-state index contributed by atoms with van der Waals surface area (Å²) >= 11 is 0. The van der Waals surface area contributed by atoms with Crippen LogP contribution in [0.3, 0.4) is 0 Å². The molecule has 5 rings (SSSR count). The summed E-state index contributed by atoms with van der Waals surface area (Å²) in [5.41, 5.74) is 0.362. The van der Waals surface area contributed by atoms with E-state index in [-0.39, 0.29) is 11.4 Å². The first-order chi connectivity index (χ1) is 9.60. The van der Waals surface area contributed by atoms with Crippen LogP contribution in [-0.4, -0.2) is 21.0 Å². The number of aromatic amines is 1. The lowest BCUT2D eigenvalue weighted by Gasteiger charge is -2.54. The summed E-state index contributed by atoms with van der Waals surface area (Å²) in [6, 6.07) is 1.51. The molecule has 1 heterocycles. The Kier molecular flexibility index (Phi) is 2.53. The van der Waals surface area contributed by atoms with Gasteiger partial charge in [0.25, 0.3) is 5.56 Å². The predicted molar refractivity (Wildman–Crippen MR) is 71.6 cm³/mol. The first-order valence-electron chi connectivity index (χ1n) is 7.44. The number of hydrogen-bond donors (Lipinski definition) is 2. The molecule has 0 spiro atoms. The second-order valence-electron chi connectivity index (χ2n) is 6.78. The maximum absolute atomic E-state index is 11.7. The van der Waals surface area contributed by atoms with Gasteiger partial charge in [-0.1, -0.05) is 0 Å². The first kappa shape index (κ1) is 12.1. The number of nitrogens with zero attached hydrogens (tertiary/aromatic N) is 1. The lowest BCUT2D eigenvalue weighted by Crippen LogP contribution is -2.44. The number of hydrogen-bond acceptors (Lipinski definition) is 3. The smallest absolute Gasteiger partial charge is 0.372 e. The van der Waals surface area contributed by atoms with Crippen LogP contribution in [0, 0.1) is 23.7 Å². The Morgan fingerprint density at radius 1 is 1.15 bits per heavy atom. The number of carboxylic acid groups (broad SMARTS) is 1. The van der Waals surface area contributed by atoms with Crippen LogP contribution in [0.2, 0.25) is 0 Å². The van der Waals surface area contributed by atoms with Gasteiger partial charge < -0.3 is 10.1 Å². The second kappa shape index (κ2) is 4.17. The monoisotopic (exact) mass is 274 g/mol. The summed E-state index contributed by atoms with van der Waals surface area (Å²) in [5, 5.41) is 9.05. The number of carbonyl (C=O) groups is 1. The van der Waals surface area contributed by atoms with E-state index in [0.717, 1.165) is 11.8 Å². The van der Waals surface area contributed by atoms with E-state index in [2.05, 4.69) is 9.97 Å². The van der Waals surface area contributed by atoms with E-state index in [1.54, 1.807) is 0 Å². The minimum atomic E-state index is -1.16. The Bertz CT molecular complexity index is 594. The minimum Gasteiger partial charge on any atom is -0.475 e. The third kappa shape index (κ3) is 1.79. The van der Waals surface area contributed by atoms with Crippen molar-refractivity contribution in [3.8, 4) is 0 Å². The van der Waals surface area contributed by atoms with Crippen molar-refractivity contribution in [2.45, 2.75) is 38.0 Å². The maximum Gasteiger partial charge on any atom is 0.372 e. The van der Waals surface area contributed by atoms with Crippen molar-refractivity contribution in [2.75, 3.05) is 0 Å². The molecule has 1 aromatic rings. The van der Waals surface area contributed by atoms with Gasteiger partial charge in [-0.15, -0.1) is 0 Å². The van der Waals surface area contributed by atoms with Gasteiger partial charge in [0.1, 0.15) is 0 Å². The van der Waals surface area contributed by atoms with Crippen molar-refractivity contribution in [1.29, 1.82) is 0 Å². The molecular formula is C15H18N2O3. The molecule has 0 aliphatic heterocycles. The molecule has 4 saturated carbocycles. The topological polar surface area (TPSA) is 83.0 Å². The van der Waals surface area contributed by atoms with Gasteiger partial charge in [-0.3, -0.25) is 4.79 Å². The van der Waals surface area contributed by atoms with Crippen molar-refractivity contribution in [2.24, 2.45) is 23.7 Å². The van der Waals surface area contributed by atoms with Crippen LogP contribution < -0.4 is 5.56 Å². The highest BCUT2D eigenvalue weighted by molar-refractivity contribution is 5.82. The summed E-state index contributed by atoms with van der Waals surface area (Å²) in [6.07, 6.45) is 6.30. The Morgan fingerprint density at radius 3 is 2.30 bits per heavy atom. The molecule has 20 heavy (non-hydrogen) atoms. The van der Waals surface area contributed by atoms with Gasteiger partial charge in [0.05, 0.1) is 5.69 Å². The quantitative estimate of drug-likeness (QED) is 0.864. The van der Waals surface area contributed by atoms with Crippen LogP contribution in [-0.2, 0) is 0 Å². The molecule has 2 N–H and O–H groups in total. The van der Waals surface area contributed by atoms with Crippen LogP contribution in [0.4, 0.5) is 0 Å². The van der Waals surface area contributed by atoms with Crippen LogP contribution in [0.5, 0.6) is 0 Å². The molecule has 0 atom stereocenters. The highest BCUT2D eigenvalue weighted by atomic mass is 16.4. The van der Waals surface area contributed by atoms with Crippen LogP contribution in [0.15, 0.2) is 10.9 Å². The van der Waals surface area contributed by atoms with Gasteiger partial charge in [-0.25, -0.2) is 9.78 Å². The van der Waals surface area contributed by atoms with Gasteiger partial charge in [0.15, 0.2) is 0 Å². The third-order valence-corrected chi connectivity index (χ3v) is 5.53. The zero-order valence-electron chi connectivity index (χ0n) is 11.2. The van der Waals surface area contributed by atoms with E-state index in [4.69, 9.17) is 5.11 Å². The average molecular weight is 274 g/mol. The van der Waals surface area contributed by atoms with E-state index < -0.39 is 5.97 Å². The lowest BCUT2D eigenvalue weighted by atomic mass is 9.51. The van der Waals surface area contributed by atoms with Crippen LogP contribution >= 0.6 is 0 Å². The molecule has 0 aromatic carbocycles. The van der Waals surface area contributed by atoms with E-state index >= 15 is 0 Å². The van der Waals surface area contributed by atoms with Crippen molar-refractivity contribution >= 4 is 5.97 Å². The fraction of sp³-hybridized carbons (Fsp3) is 0.667.